The Labute approximate surface area is 157 Å². The first kappa shape index (κ1) is 18.0. The van der Waals surface area contributed by atoms with Crippen LogP contribution in [0, 0.1) is 0 Å². The summed E-state index contributed by atoms with van der Waals surface area (Å²) >= 11 is 11.9. The van der Waals surface area contributed by atoms with E-state index in [4.69, 9.17) is 28.3 Å². The second-order valence-electron chi connectivity index (χ2n) is 5.43. The molecule has 3 rings (SSSR count). The van der Waals surface area contributed by atoms with Gasteiger partial charge in [-0.15, -0.1) is 0 Å². The number of nitrogens with zero attached hydrogens (tertiary/aromatic N) is 4. The third-order valence-corrected chi connectivity index (χ3v) is 4.15. The summed E-state index contributed by atoms with van der Waals surface area (Å²) in [7, 11) is 0. The third kappa shape index (κ3) is 4.41. The van der Waals surface area contributed by atoms with Crippen molar-refractivity contribution in [3.8, 4) is 0 Å². The number of aromatic carboxylic acids is 1. The molecule has 0 spiro atoms. The van der Waals surface area contributed by atoms with Crippen molar-refractivity contribution in [1.82, 2.24) is 19.6 Å². The van der Waals surface area contributed by atoms with Crippen LogP contribution in [0.15, 0.2) is 42.9 Å². The van der Waals surface area contributed by atoms with Gasteiger partial charge in [0.1, 0.15) is 6.54 Å². The standard InChI is InChI=1S/C16H13Cl2N5O3/c17-12-2-1-10(5-13(12)18)7-23-8-11(6-19-23)20-15(24)9-22-4-3-14(21-22)16(25)26/h1-6,8H,7,9H2,(H,20,24)(H,25,26). The average molecular weight is 394 g/mol. The van der Waals surface area contributed by atoms with E-state index in [2.05, 4.69) is 15.5 Å². The molecule has 0 radical (unpaired) electrons. The zero-order valence-electron chi connectivity index (χ0n) is 13.3. The molecule has 0 bridgehead atoms. The minimum atomic E-state index is -1.15. The number of rotatable bonds is 6. The van der Waals surface area contributed by atoms with Gasteiger partial charge in [-0.25, -0.2) is 4.79 Å². The van der Waals surface area contributed by atoms with Crippen molar-refractivity contribution in [1.29, 1.82) is 0 Å². The molecule has 3 aromatic rings. The lowest BCUT2D eigenvalue weighted by Crippen LogP contribution is -2.19. The second kappa shape index (κ2) is 7.59. The van der Waals surface area contributed by atoms with Gasteiger partial charge in [0.05, 0.1) is 28.5 Å². The van der Waals surface area contributed by atoms with Crippen LogP contribution in [0.1, 0.15) is 16.1 Å². The van der Waals surface area contributed by atoms with Gasteiger partial charge >= 0.3 is 5.97 Å². The Kier molecular flexibility index (Phi) is 5.24. The quantitative estimate of drug-likeness (QED) is 0.670. The lowest BCUT2D eigenvalue weighted by molar-refractivity contribution is -0.116. The molecular formula is C16H13Cl2N5O3. The summed E-state index contributed by atoms with van der Waals surface area (Å²) in [4.78, 5) is 22.8. The highest BCUT2D eigenvalue weighted by Crippen LogP contribution is 2.23. The van der Waals surface area contributed by atoms with Crippen LogP contribution in [0.4, 0.5) is 5.69 Å². The Bertz CT molecular complexity index is 966. The SMILES string of the molecule is O=C(Cn1ccc(C(=O)O)n1)Nc1cnn(Cc2ccc(Cl)c(Cl)c2)c1. The first-order valence-corrected chi connectivity index (χ1v) is 8.19. The maximum absolute atomic E-state index is 12.0. The molecule has 10 heteroatoms. The van der Waals surface area contributed by atoms with Gasteiger partial charge in [0.25, 0.3) is 0 Å². The van der Waals surface area contributed by atoms with Crippen molar-refractivity contribution in [2.75, 3.05) is 5.32 Å². The number of nitrogens with one attached hydrogen (secondary N) is 1. The fourth-order valence-corrected chi connectivity index (χ4v) is 2.57. The molecule has 2 heterocycles. The van der Waals surface area contributed by atoms with Gasteiger partial charge in [0.2, 0.25) is 5.91 Å². The van der Waals surface area contributed by atoms with Crippen molar-refractivity contribution < 1.29 is 14.7 Å². The molecule has 1 aromatic carbocycles. The number of amides is 1. The number of carboxylic acids is 1. The zero-order valence-corrected chi connectivity index (χ0v) is 14.8. The van der Waals surface area contributed by atoms with Crippen LogP contribution in [0.3, 0.4) is 0 Å². The molecule has 8 nitrogen and oxygen atoms in total. The van der Waals surface area contributed by atoms with Crippen LogP contribution in [0.25, 0.3) is 0 Å². The number of carboxylic acid groups (broad SMARTS) is 1. The number of halogens is 2. The van der Waals surface area contributed by atoms with Gasteiger partial charge in [-0.05, 0) is 23.8 Å². The van der Waals surface area contributed by atoms with E-state index in [0.29, 0.717) is 22.3 Å². The smallest absolute Gasteiger partial charge is 0.356 e. The largest absolute Gasteiger partial charge is 0.476 e. The lowest BCUT2D eigenvalue weighted by atomic mass is 10.2. The molecule has 0 saturated carbocycles. The molecule has 0 aliphatic carbocycles. The van der Waals surface area contributed by atoms with E-state index < -0.39 is 5.97 Å². The van der Waals surface area contributed by atoms with Crippen LogP contribution >= 0.6 is 23.2 Å². The van der Waals surface area contributed by atoms with E-state index >= 15 is 0 Å². The Morgan fingerprint density at radius 2 is 1.96 bits per heavy atom. The summed E-state index contributed by atoms with van der Waals surface area (Å²) in [5, 5.41) is 20.4. The van der Waals surface area contributed by atoms with E-state index in [0.717, 1.165) is 5.56 Å². The van der Waals surface area contributed by atoms with Gasteiger partial charge in [-0.2, -0.15) is 10.2 Å². The van der Waals surface area contributed by atoms with Gasteiger partial charge in [0.15, 0.2) is 5.69 Å². The summed E-state index contributed by atoms with van der Waals surface area (Å²) in [5.41, 5.74) is 1.31. The second-order valence-corrected chi connectivity index (χ2v) is 6.24. The molecule has 2 N–H and O–H groups in total. The number of aromatic nitrogens is 4. The number of carbonyl (C=O) groups is 2. The Hall–Kier alpha value is -2.84. The molecule has 0 atom stereocenters. The fourth-order valence-electron chi connectivity index (χ4n) is 2.25. The maximum atomic E-state index is 12.0. The molecule has 1 amide bonds. The Morgan fingerprint density at radius 3 is 2.65 bits per heavy atom. The van der Waals surface area contributed by atoms with Crippen LogP contribution < -0.4 is 5.32 Å². The molecule has 0 fully saturated rings. The number of carbonyl (C=O) groups excluding carboxylic acids is 1. The van der Waals surface area contributed by atoms with E-state index in [1.807, 2.05) is 6.07 Å². The van der Waals surface area contributed by atoms with Gasteiger partial charge in [-0.3, -0.25) is 14.2 Å². The van der Waals surface area contributed by atoms with Crippen LogP contribution in [-0.2, 0) is 17.9 Å². The average Bonchev–Trinajstić information content (AvgIpc) is 3.21. The predicted molar refractivity (Wildman–Crippen MR) is 95.6 cm³/mol. The van der Waals surface area contributed by atoms with E-state index in [9.17, 15) is 9.59 Å². The van der Waals surface area contributed by atoms with Crippen molar-refractivity contribution in [3.05, 3.63) is 64.2 Å². The van der Waals surface area contributed by atoms with Crippen LogP contribution in [0.5, 0.6) is 0 Å². The van der Waals surface area contributed by atoms with Gasteiger partial charge < -0.3 is 10.4 Å². The topological polar surface area (TPSA) is 102 Å². The summed E-state index contributed by atoms with van der Waals surface area (Å²) < 4.78 is 2.89. The van der Waals surface area contributed by atoms with E-state index in [-0.39, 0.29) is 18.1 Å². The molecule has 0 aliphatic heterocycles. The number of hydrogen-bond acceptors (Lipinski definition) is 4. The van der Waals surface area contributed by atoms with Crippen molar-refractivity contribution >= 4 is 40.8 Å². The number of benzene rings is 1. The summed E-state index contributed by atoms with van der Waals surface area (Å²) in [6.45, 7) is 0.360. The Morgan fingerprint density at radius 1 is 1.15 bits per heavy atom. The predicted octanol–water partition coefficient (Wildman–Crippen LogP) is 2.77. The first-order valence-electron chi connectivity index (χ1n) is 7.43. The third-order valence-electron chi connectivity index (χ3n) is 3.41. The summed E-state index contributed by atoms with van der Waals surface area (Å²) in [5.74, 6) is -1.49. The summed E-state index contributed by atoms with van der Waals surface area (Å²) in [6, 6.07) is 6.62. The molecule has 26 heavy (non-hydrogen) atoms. The normalized spacial score (nSPS) is 10.7. The van der Waals surface area contributed by atoms with Gasteiger partial charge in [0, 0.05) is 12.4 Å². The first-order chi connectivity index (χ1) is 12.4. The monoisotopic (exact) mass is 393 g/mol. The van der Waals surface area contributed by atoms with Crippen LogP contribution in [-0.4, -0.2) is 36.5 Å². The van der Waals surface area contributed by atoms with Crippen molar-refractivity contribution in [2.45, 2.75) is 13.1 Å². The highest BCUT2D eigenvalue weighted by atomic mass is 35.5. The maximum Gasteiger partial charge on any atom is 0.356 e. The lowest BCUT2D eigenvalue weighted by Gasteiger charge is -2.04. The molecule has 0 unspecified atom stereocenters. The van der Waals surface area contributed by atoms with E-state index in [1.165, 1.54) is 23.1 Å². The minimum absolute atomic E-state index is 0.106. The molecule has 0 aliphatic rings. The molecule has 0 saturated heterocycles. The fraction of sp³-hybridized carbons (Fsp3) is 0.125. The molecular weight excluding hydrogens is 381 g/mol. The minimum Gasteiger partial charge on any atom is -0.476 e. The molecule has 2 aromatic heterocycles. The zero-order chi connectivity index (χ0) is 18.7. The van der Waals surface area contributed by atoms with Crippen LogP contribution in [0.2, 0.25) is 10.0 Å². The highest BCUT2D eigenvalue weighted by molar-refractivity contribution is 6.42. The molecule has 134 valence electrons. The number of hydrogen-bond donors (Lipinski definition) is 2. The van der Waals surface area contributed by atoms with Crippen molar-refractivity contribution in [3.63, 3.8) is 0 Å². The van der Waals surface area contributed by atoms with Crippen molar-refractivity contribution in [2.24, 2.45) is 0 Å². The Balaban J connectivity index is 1.59. The highest BCUT2D eigenvalue weighted by Gasteiger charge is 2.10. The summed E-state index contributed by atoms with van der Waals surface area (Å²) in [6.07, 6.45) is 4.62. The van der Waals surface area contributed by atoms with E-state index in [1.54, 1.807) is 23.0 Å². The van der Waals surface area contributed by atoms with Gasteiger partial charge in [-0.1, -0.05) is 29.3 Å². The number of anilines is 1.